The molecule has 12 heteroatoms. The van der Waals surface area contributed by atoms with Gasteiger partial charge in [0.2, 0.25) is 0 Å². The maximum Gasteiger partial charge on any atom is 0.284 e. The Hall–Kier alpha value is -3.51. The Labute approximate surface area is 176 Å². The van der Waals surface area contributed by atoms with Gasteiger partial charge >= 0.3 is 0 Å². The van der Waals surface area contributed by atoms with E-state index in [1.807, 2.05) is 0 Å². The van der Waals surface area contributed by atoms with Gasteiger partial charge in [0, 0.05) is 25.1 Å². The topological polar surface area (TPSA) is 156 Å². The Morgan fingerprint density at radius 1 is 1.19 bits per heavy atom. The van der Waals surface area contributed by atoms with Crippen LogP contribution in [0.3, 0.4) is 0 Å². The molecule has 1 amide bonds. The first-order chi connectivity index (χ1) is 14.5. The molecule has 0 radical (unpaired) electrons. The first kappa shape index (κ1) is 22.2. The van der Waals surface area contributed by atoms with Crippen molar-refractivity contribution in [2.24, 2.45) is 0 Å². The van der Waals surface area contributed by atoms with Crippen LogP contribution in [-0.2, 0) is 21.2 Å². The second-order valence-electron chi connectivity index (χ2n) is 7.22. The fourth-order valence-electron chi connectivity index (χ4n) is 2.99. The van der Waals surface area contributed by atoms with E-state index in [4.69, 9.17) is 5.21 Å². The summed E-state index contributed by atoms with van der Waals surface area (Å²) in [6, 6.07) is 10.1. The standard InChI is InChI=1S/C19H21N5O6S/c1-19(18(27)22-28,31(2,29)30)8-10-23-9-7-14(11-17(23)26)13-3-5-15(6-4-13)24-20-12-16(25)21-24/h3-7,9,11-12,28H,8,10H2,1-2H3,(H,21,25)(H,22,27). The highest BCUT2D eigenvalue weighted by Crippen LogP contribution is 2.23. The molecular weight excluding hydrogens is 426 g/mol. The number of aryl methyl sites for hydroxylation is 1. The Bertz CT molecular complexity index is 1320. The van der Waals surface area contributed by atoms with Gasteiger partial charge in [-0.15, -0.1) is 0 Å². The monoisotopic (exact) mass is 447 g/mol. The zero-order valence-electron chi connectivity index (χ0n) is 16.8. The molecule has 3 aromatic rings. The SMILES string of the molecule is CC(CCn1ccc(-c2ccc(-n3ncc(=O)[nH]3)cc2)cc1=O)(C(=O)NO)S(C)(=O)=O. The van der Waals surface area contributed by atoms with Crippen LogP contribution in [0.1, 0.15) is 13.3 Å². The fourth-order valence-corrected chi connectivity index (χ4v) is 3.83. The zero-order valence-corrected chi connectivity index (χ0v) is 17.6. The van der Waals surface area contributed by atoms with E-state index < -0.39 is 20.5 Å². The number of nitrogens with zero attached hydrogens (tertiary/aromatic N) is 3. The molecule has 0 saturated heterocycles. The molecule has 0 aliphatic heterocycles. The van der Waals surface area contributed by atoms with E-state index in [-0.39, 0.29) is 24.1 Å². The summed E-state index contributed by atoms with van der Waals surface area (Å²) in [5, 5.41) is 15.3. The number of hydrogen-bond acceptors (Lipinski definition) is 7. The van der Waals surface area contributed by atoms with Crippen molar-refractivity contribution < 1.29 is 18.4 Å². The number of H-pyrrole nitrogens is 1. The third kappa shape index (κ3) is 4.49. The predicted molar refractivity (Wildman–Crippen MR) is 112 cm³/mol. The molecule has 2 heterocycles. The molecule has 164 valence electrons. The predicted octanol–water partition coefficient (Wildman–Crippen LogP) is 0.0881. The molecule has 31 heavy (non-hydrogen) atoms. The number of benzene rings is 1. The highest BCUT2D eigenvalue weighted by Gasteiger charge is 2.43. The lowest BCUT2D eigenvalue weighted by Crippen LogP contribution is -2.49. The Morgan fingerprint density at radius 2 is 1.87 bits per heavy atom. The number of rotatable bonds is 7. The van der Waals surface area contributed by atoms with E-state index >= 15 is 0 Å². The molecule has 1 unspecified atom stereocenters. The highest BCUT2D eigenvalue weighted by atomic mass is 32.2. The van der Waals surface area contributed by atoms with Gasteiger partial charge in [-0.2, -0.15) is 9.90 Å². The maximum absolute atomic E-state index is 12.5. The summed E-state index contributed by atoms with van der Waals surface area (Å²) in [6.45, 7) is 1.16. The van der Waals surface area contributed by atoms with Crippen LogP contribution < -0.4 is 16.6 Å². The molecular formula is C19H21N5O6S. The first-order valence-electron chi connectivity index (χ1n) is 9.15. The second-order valence-corrected chi connectivity index (χ2v) is 9.67. The van der Waals surface area contributed by atoms with Gasteiger partial charge < -0.3 is 4.57 Å². The van der Waals surface area contributed by atoms with E-state index in [0.717, 1.165) is 18.0 Å². The van der Waals surface area contributed by atoms with Crippen LogP contribution in [0.15, 0.2) is 58.4 Å². The van der Waals surface area contributed by atoms with Crippen molar-refractivity contribution in [2.45, 2.75) is 24.6 Å². The van der Waals surface area contributed by atoms with E-state index in [2.05, 4.69) is 10.2 Å². The molecule has 3 rings (SSSR count). The highest BCUT2D eigenvalue weighted by molar-refractivity contribution is 7.92. The van der Waals surface area contributed by atoms with Crippen molar-refractivity contribution in [3.63, 3.8) is 0 Å². The summed E-state index contributed by atoms with van der Waals surface area (Å²) in [5.41, 5.74) is 2.71. The van der Waals surface area contributed by atoms with Gasteiger partial charge in [-0.3, -0.25) is 19.6 Å². The number of pyridine rings is 1. The molecule has 0 saturated carbocycles. The van der Waals surface area contributed by atoms with Crippen LogP contribution in [-0.4, -0.2) is 50.1 Å². The molecule has 0 spiro atoms. The average Bonchev–Trinajstić information content (AvgIpc) is 3.17. The van der Waals surface area contributed by atoms with E-state index in [0.29, 0.717) is 11.3 Å². The van der Waals surface area contributed by atoms with Gasteiger partial charge in [-0.1, -0.05) is 12.1 Å². The van der Waals surface area contributed by atoms with Crippen LogP contribution in [0.2, 0.25) is 0 Å². The van der Waals surface area contributed by atoms with Crippen molar-refractivity contribution in [3.05, 3.63) is 69.5 Å². The molecule has 3 N–H and O–H groups in total. The summed E-state index contributed by atoms with van der Waals surface area (Å²) >= 11 is 0. The minimum absolute atomic E-state index is 0.0400. The molecule has 0 bridgehead atoms. The minimum atomic E-state index is -3.85. The average molecular weight is 447 g/mol. The number of amides is 1. The number of hydrogen-bond donors (Lipinski definition) is 3. The lowest BCUT2D eigenvalue weighted by Gasteiger charge is -2.25. The van der Waals surface area contributed by atoms with Crippen molar-refractivity contribution in [1.29, 1.82) is 0 Å². The van der Waals surface area contributed by atoms with Gasteiger partial charge in [-0.05, 0) is 42.7 Å². The molecule has 0 aliphatic rings. The number of carbonyl (C=O) groups excluding carboxylic acids is 1. The number of hydroxylamine groups is 1. The number of sulfone groups is 1. The van der Waals surface area contributed by atoms with E-state index in [1.54, 1.807) is 30.3 Å². The summed E-state index contributed by atoms with van der Waals surface area (Å²) in [4.78, 5) is 37.0. The molecule has 2 aromatic heterocycles. The van der Waals surface area contributed by atoms with E-state index in [9.17, 15) is 22.8 Å². The summed E-state index contributed by atoms with van der Waals surface area (Å²) in [5.74, 6) is -1.06. The number of aromatic nitrogens is 4. The normalized spacial score (nSPS) is 13.5. The van der Waals surface area contributed by atoms with Crippen LogP contribution in [0.4, 0.5) is 0 Å². The Morgan fingerprint density at radius 3 is 2.39 bits per heavy atom. The Balaban J connectivity index is 1.81. The van der Waals surface area contributed by atoms with Crippen LogP contribution in [0.5, 0.6) is 0 Å². The minimum Gasteiger partial charge on any atom is -0.315 e. The van der Waals surface area contributed by atoms with Gasteiger partial charge in [0.1, 0.15) is 6.20 Å². The van der Waals surface area contributed by atoms with Gasteiger partial charge in [-0.25, -0.2) is 19.0 Å². The van der Waals surface area contributed by atoms with Gasteiger partial charge in [0.15, 0.2) is 14.6 Å². The third-order valence-corrected chi connectivity index (χ3v) is 7.20. The summed E-state index contributed by atoms with van der Waals surface area (Å²) in [6.07, 6.45) is 3.37. The largest absolute Gasteiger partial charge is 0.315 e. The van der Waals surface area contributed by atoms with Gasteiger partial charge in [0.25, 0.3) is 17.0 Å². The molecule has 1 aromatic carbocycles. The number of carbonyl (C=O) groups is 1. The van der Waals surface area contributed by atoms with Gasteiger partial charge in [0.05, 0.1) is 5.69 Å². The lowest BCUT2D eigenvalue weighted by atomic mass is 10.1. The first-order valence-corrected chi connectivity index (χ1v) is 11.0. The molecule has 11 nitrogen and oxygen atoms in total. The third-order valence-electron chi connectivity index (χ3n) is 5.18. The second kappa shape index (κ2) is 8.32. The van der Waals surface area contributed by atoms with Crippen LogP contribution in [0.25, 0.3) is 16.8 Å². The molecule has 0 aliphatic carbocycles. The summed E-state index contributed by atoms with van der Waals surface area (Å²) < 4.78 is 23.5. The van der Waals surface area contributed by atoms with Crippen molar-refractivity contribution >= 4 is 15.7 Å². The quantitative estimate of drug-likeness (QED) is 0.342. The Kier molecular flexibility index (Phi) is 5.95. The summed E-state index contributed by atoms with van der Waals surface area (Å²) in [7, 11) is -3.85. The van der Waals surface area contributed by atoms with Crippen LogP contribution >= 0.6 is 0 Å². The fraction of sp³-hybridized carbons (Fsp3) is 0.263. The maximum atomic E-state index is 12.5. The molecule has 1 atom stereocenters. The van der Waals surface area contributed by atoms with Crippen LogP contribution in [0, 0.1) is 0 Å². The molecule has 0 fully saturated rings. The van der Waals surface area contributed by atoms with E-state index in [1.165, 1.54) is 34.0 Å². The smallest absolute Gasteiger partial charge is 0.284 e. The van der Waals surface area contributed by atoms with Crippen molar-refractivity contribution in [3.8, 4) is 16.8 Å². The number of nitrogens with one attached hydrogen (secondary N) is 2. The number of aromatic amines is 1. The van der Waals surface area contributed by atoms with Crippen molar-refractivity contribution in [2.75, 3.05) is 6.26 Å². The lowest BCUT2D eigenvalue weighted by molar-refractivity contribution is -0.131. The van der Waals surface area contributed by atoms with Crippen molar-refractivity contribution in [1.82, 2.24) is 25.0 Å². The zero-order chi connectivity index (χ0) is 22.8.